The summed E-state index contributed by atoms with van der Waals surface area (Å²) < 4.78 is 0. The van der Waals surface area contributed by atoms with Crippen LogP contribution in [-0.4, -0.2) is 34.9 Å². The van der Waals surface area contributed by atoms with Gasteiger partial charge in [-0.15, -0.1) is 0 Å². The fourth-order valence-electron chi connectivity index (χ4n) is 5.64. The van der Waals surface area contributed by atoms with E-state index in [1.807, 2.05) is 0 Å². The number of nitrogens with one attached hydrogen (secondary N) is 1. The standard InChI is InChI=1S/C41H75NO3/c1-3-5-7-9-11-13-15-17-19-20-21-23-24-26-28-30-32-34-36-40(44)39(38-43)42-41(45)37-35-33-31-29-27-25-22-18-16-14-12-10-8-6-4-2/h6,8,12,14,18,22,27,29,39-40,43-44H,3-5,7,9-11,13,15-17,19-21,23-26,28,30-38H2,1-2H3,(H,42,45)/b8-6-,14-12-,22-18-,29-27-. The van der Waals surface area contributed by atoms with E-state index in [0.29, 0.717) is 12.8 Å². The van der Waals surface area contributed by atoms with Crippen molar-refractivity contribution in [1.29, 1.82) is 0 Å². The highest BCUT2D eigenvalue weighted by Crippen LogP contribution is 2.15. The zero-order valence-electron chi connectivity index (χ0n) is 29.9. The smallest absolute Gasteiger partial charge is 0.220 e. The van der Waals surface area contributed by atoms with Gasteiger partial charge in [-0.2, -0.15) is 0 Å². The predicted molar refractivity (Wildman–Crippen MR) is 198 cm³/mol. The Morgan fingerprint density at radius 1 is 0.556 bits per heavy atom. The highest BCUT2D eigenvalue weighted by atomic mass is 16.3. The van der Waals surface area contributed by atoms with Crippen LogP contribution in [0.5, 0.6) is 0 Å². The zero-order chi connectivity index (χ0) is 32.9. The van der Waals surface area contributed by atoms with Crippen molar-refractivity contribution in [2.75, 3.05) is 6.61 Å². The van der Waals surface area contributed by atoms with Gasteiger partial charge in [0.1, 0.15) is 0 Å². The molecule has 0 aromatic carbocycles. The van der Waals surface area contributed by atoms with Crippen LogP contribution in [0.4, 0.5) is 0 Å². The molecule has 0 aromatic rings. The van der Waals surface area contributed by atoms with Gasteiger partial charge in [0.15, 0.2) is 0 Å². The lowest BCUT2D eigenvalue weighted by Crippen LogP contribution is -2.45. The lowest BCUT2D eigenvalue weighted by molar-refractivity contribution is -0.123. The summed E-state index contributed by atoms with van der Waals surface area (Å²) in [7, 11) is 0. The van der Waals surface area contributed by atoms with Gasteiger partial charge in [-0.05, 0) is 51.4 Å². The molecule has 3 N–H and O–H groups in total. The summed E-state index contributed by atoms with van der Waals surface area (Å²) in [4.78, 5) is 12.3. The van der Waals surface area contributed by atoms with Crippen LogP contribution in [0.3, 0.4) is 0 Å². The van der Waals surface area contributed by atoms with Crippen LogP contribution in [0.2, 0.25) is 0 Å². The maximum atomic E-state index is 12.3. The number of allylic oxidation sites excluding steroid dienone is 8. The molecule has 0 saturated carbocycles. The number of unbranched alkanes of at least 4 members (excludes halogenated alkanes) is 19. The van der Waals surface area contributed by atoms with Crippen molar-refractivity contribution in [1.82, 2.24) is 5.32 Å². The largest absolute Gasteiger partial charge is 0.394 e. The van der Waals surface area contributed by atoms with Crippen LogP contribution in [0.15, 0.2) is 48.6 Å². The van der Waals surface area contributed by atoms with Crippen LogP contribution in [0.25, 0.3) is 0 Å². The Bertz CT molecular complexity index is 726. The number of hydrogen-bond acceptors (Lipinski definition) is 3. The summed E-state index contributed by atoms with van der Waals surface area (Å²) in [6, 6.07) is -0.558. The fraction of sp³-hybridized carbons (Fsp3) is 0.780. The Kier molecular flexibility index (Phi) is 35.5. The first-order chi connectivity index (χ1) is 22.2. The minimum Gasteiger partial charge on any atom is -0.394 e. The van der Waals surface area contributed by atoms with E-state index in [-0.39, 0.29) is 12.5 Å². The third kappa shape index (κ3) is 33.5. The molecule has 0 aliphatic rings. The van der Waals surface area contributed by atoms with Crippen LogP contribution in [0.1, 0.15) is 187 Å². The molecule has 0 rings (SSSR count). The molecule has 0 aliphatic heterocycles. The van der Waals surface area contributed by atoms with E-state index < -0.39 is 12.1 Å². The summed E-state index contributed by atoms with van der Waals surface area (Å²) in [5, 5.41) is 23.1. The first-order valence-corrected chi connectivity index (χ1v) is 19.3. The highest BCUT2D eigenvalue weighted by Gasteiger charge is 2.19. The topological polar surface area (TPSA) is 69.6 Å². The van der Waals surface area contributed by atoms with E-state index in [1.54, 1.807) is 0 Å². The minimum atomic E-state index is -0.676. The number of aliphatic hydroxyl groups excluding tert-OH is 2. The van der Waals surface area contributed by atoms with Gasteiger partial charge in [0.25, 0.3) is 0 Å². The second-order valence-electron chi connectivity index (χ2n) is 13.0. The quantitative estimate of drug-likeness (QED) is 0.0490. The normalized spacial score (nSPS) is 13.6. The Balaban J connectivity index is 3.62. The Morgan fingerprint density at radius 2 is 0.978 bits per heavy atom. The minimum absolute atomic E-state index is 0.0731. The third-order valence-corrected chi connectivity index (χ3v) is 8.60. The number of amides is 1. The maximum Gasteiger partial charge on any atom is 0.220 e. The highest BCUT2D eigenvalue weighted by molar-refractivity contribution is 5.76. The van der Waals surface area contributed by atoms with E-state index >= 15 is 0 Å². The van der Waals surface area contributed by atoms with Gasteiger partial charge in [-0.3, -0.25) is 4.79 Å². The second-order valence-corrected chi connectivity index (χ2v) is 13.0. The van der Waals surface area contributed by atoms with Crippen molar-refractivity contribution in [3.8, 4) is 0 Å². The average Bonchev–Trinajstić information content (AvgIpc) is 3.04. The van der Waals surface area contributed by atoms with Gasteiger partial charge in [0.05, 0.1) is 18.8 Å². The van der Waals surface area contributed by atoms with Crippen LogP contribution in [-0.2, 0) is 4.79 Å². The Hall–Kier alpha value is -1.65. The van der Waals surface area contributed by atoms with E-state index in [2.05, 4.69) is 67.8 Å². The monoisotopic (exact) mass is 630 g/mol. The zero-order valence-corrected chi connectivity index (χ0v) is 29.9. The van der Waals surface area contributed by atoms with Gasteiger partial charge < -0.3 is 15.5 Å². The fourth-order valence-corrected chi connectivity index (χ4v) is 5.64. The van der Waals surface area contributed by atoms with Gasteiger partial charge >= 0.3 is 0 Å². The lowest BCUT2D eigenvalue weighted by atomic mass is 10.0. The summed E-state index contributed by atoms with van der Waals surface area (Å²) >= 11 is 0. The molecule has 0 bridgehead atoms. The molecule has 2 unspecified atom stereocenters. The Morgan fingerprint density at radius 3 is 1.42 bits per heavy atom. The molecular weight excluding hydrogens is 554 g/mol. The lowest BCUT2D eigenvalue weighted by Gasteiger charge is -2.22. The molecule has 0 aromatic heterocycles. The molecule has 1 amide bonds. The molecule has 2 atom stereocenters. The van der Waals surface area contributed by atoms with Gasteiger partial charge in [0, 0.05) is 6.42 Å². The summed E-state index contributed by atoms with van der Waals surface area (Å²) in [6.07, 6.45) is 48.9. The molecule has 0 radical (unpaired) electrons. The van der Waals surface area contributed by atoms with E-state index in [1.165, 1.54) is 103 Å². The van der Waals surface area contributed by atoms with Crippen molar-refractivity contribution in [3.63, 3.8) is 0 Å². The molecule has 45 heavy (non-hydrogen) atoms. The Labute approximate surface area is 280 Å². The first-order valence-electron chi connectivity index (χ1n) is 19.3. The molecule has 0 heterocycles. The molecule has 4 nitrogen and oxygen atoms in total. The molecule has 262 valence electrons. The maximum absolute atomic E-state index is 12.3. The van der Waals surface area contributed by atoms with E-state index in [9.17, 15) is 15.0 Å². The summed E-state index contributed by atoms with van der Waals surface area (Å²) in [5.41, 5.74) is 0. The van der Waals surface area contributed by atoms with Crippen molar-refractivity contribution in [2.45, 2.75) is 199 Å². The third-order valence-electron chi connectivity index (χ3n) is 8.60. The first kappa shape index (κ1) is 43.4. The van der Waals surface area contributed by atoms with Gasteiger partial charge in [-0.25, -0.2) is 0 Å². The number of carbonyl (C=O) groups excluding carboxylic acids is 1. The summed E-state index contributed by atoms with van der Waals surface area (Å²) in [6.45, 7) is 4.22. The molecule has 0 spiro atoms. The van der Waals surface area contributed by atoms with Crippen LogP contribution in [0, 0.1) is 0 Å². The molecule has 0 aliphatic carbocycles. The number of aliphatic hydroxyl groups is 2. The summed E-state index contributed by atoms with van der Waals surface area (Å²) in [5.74, 6) is -0.0731. The molecule has 4 heteroatoms. The van der Waals surface area contributed by atoms with Gasteiger partial charge in [-0.1, -0.05) is 178 Å². The van der Waals surface area contributed by atoms with Crippen LogP contribution < -0.4 is 5.32 Å². The van der Waals surface area contributed by atoms with Crippen molar-refractivity contribution >= 4 is 5.91 Å². The molecular formula is C41H75NO3. The van der Waals surface area contributed by atoms with Crippen molar-refractivity contribution in [2.24, 2.45) is 0 Å². The SMILES string of the molecule is CC/C=C\C/C=C\C/C=C\C/C=C\CCCCC(=O)NC(CO)C(O)CCCCCCCCCCCCCCCCCCCC. The van der Waals surface area contributed by atoms with Crippen molar-refractivity contribution in [3.05, 3.63) is 48.6 Å². The number of rotatable bonds is 34. The molecule has 0 fully saturated rings. The van der Waals surface area contributed by atoms with E-state index in [4.69, 9.17) is 0 Å². The number of carbonyl (C=O) groups is 1. The van der Waals surface area contributed by atoms with E-state index in [0.717, 1.165) is 57.8 Å². The average molecular weight is 630 g/mol. The second kappa shape index (κ2) is 36.8. The predicted octanol–water partition coefficient (Wildman–Crippen LogP) is 11.6. The van der Waals surface area contributed by atoms with Crippen molar-refractivity contribution < 1.29 is 15.0 Å². The van der Waals surface area contributed by atoms with Gasteiger partial charge in [0.2, 0.25) is 5.91 Å². The molecule has 0 saturated heterocycles. The van der Waals surface area contributed by atoms with Crippen LogP contribution >= 0.6 is 0 Å². The number of hydrogen-bond donors (Lipinski definition) is 3.